The maximum Gasteiger partial charge on any atom is 0.0589 e. The summed E-state index contributed by atoms with van der Waals surface area (Å²) in [4.78, 5) is 2.59. The summed E-state index contributed by atoms with van der Waals surface area (Å²) in [5, 5.41) is 0. The molecule has 0 aromatic rings. The average molecular weight is 299 g/mol. The lowest BCUT2D eigenvalue weighted by atomic mass is 9.67. The second-order valence-corrected chi connectivity index (χ2v) is 7.96. The summed E-state index contributed by atoms with van der Waals surface area (Å²) in [6.07, 6.45) is 4.96. The molecule has 1 fully saturated rings. The van der Waals surface area contributed by atoms with Crippen LogP contribution in [0.25, 0.3) is 0 Å². The summed E-state index contributed by atoms with van der Waals surface area (Å²) in [6.45, 7) is 14.7. The monoisotopic (exact) mass is 298 g/mol. The molecule has 126 valence electrons. The van der Waals surface area contributed by atoms with Gasteiger partial charge in [-0.15, -0.1) is 0 Å². The normalized spacial score (nSPS) is 27.6. The zero-order valence-corrected chi connectivity index (χ0v) is 15.2. The van der Waals surface area contributed by atoms with E-state index in [0.717, 1.165) is 25.6 Å². The van der Waals surface area contributed by atoms with Crippen LogP contribution in [0.1, 0.15) is 60.3 Å². The molecule has 0 saturated heterocycles. The molecule has 1 aliphatic carbocycles. The molecule has 0 heterocycles. The summed E-state index contributed by atoms with van der Waals surface area (Å²) in [5.41, 5.74) is 6.93. The van der Waals surface area contributed by atoms with Crippen LogP contribution in [0.5, 0.6) is 0 Å². The summed E-state index contributed by atoms with van der Waals surface area (Å²) < 4.78 is 5.31. The summed E-state index contributed by atoms with van der Waals surface area (Å²) in [7, 11) is 1.79. The number of hydrogen-bond donors (Lipinski definition) is 1. The Balaban J connectivity index is 2.77. The highest BCUT2D eigenvalue weighted by Gasteiger charge is 2.38. The van der Waals surface area contributed by atoms with Crippen LogP contribution in [0.15, 0.2) is 0 Å². The lowest BCUT2D eigenvalue weighted by Crippen LogP contribution is -2.54. The van der Waals surface area contributed by atoms with Crippen molar-refractivity contribution in [1.82, 2.24) is 4.90 Å². The molecule has 1 saturated carbocycles. The van der Waals surface area contributed by atoms with E-state index < -0.39 is 0 Å². The number of rotatable bonds is 8. The Morgan fingerprint density at radius 3 is 2.48 bits per heavy atom. The van der Waals surface area contributed by atoms with Crippen LogP contribution in [0.3, 0.4) is 0 Å². The van der Waals surface area contributed by atoms with Gasteiger partial charge in [-0.05, 0) is 36.5 Å². The largest absolute Gasteiger partial charge is 0.383 e. The van der Waals surface area contributed by atoms with Gasteiger partial charge in [0.2, 0.25) is 0 Å². The summed E-state index contributed by atoms with van der Waals surface area (Å²) in [5.74, 6) is 1.47. The van der Waals surface area contributed by atoms with Crippen molar-refractivity contribution in [2.75, 3.05) is 26.8 Å². The Morgan fingerprint density at radius 2 is 1.95 bits per heavy atom. The second kappa shape index (κ2) is 8.50. The topological polar surface area (TPSA) is 38.5 Å². The number of methoxy groups -OCH3 is 1. The smallest absolute Gasteiger partial charge is 0.0589 e. The van der Waals surface area contributed by atoms with Gasteiger partial charge in [0, 0.05) is 32.3 Å². The van der Waals surface area contributed by atoms with Crippen molar-refractivity contribution in [3.8, 4) is 0 Å². The first-order valence-electron chi connectivity index (χ1n) is 8.80. The predicted octanol–water partition coefficient (Wildman–Crippen LogP) is 3.52. The third-order valence-corrected chi connectivity index (χ3v) is 5.54. The van der Waals surface area contributed by atoms with Gasteiger partial charge >= 0.3 is 0 Å². The molecule has 1 rings (SSSR count). The molecule has 0 aromatic carbocycles. The summed E-state index contributed by atoms with van der Waals surface area (Å²) >= 11 is 0. The van der Waals surface area contributed by atoms with Gasteiger partial charge in [-0.2, -0.15) is 0 Å². The van der Waals surface area contributed by atoms with Crippen molar-refractivity contribution in [3.05, 3.63) is 0 Å². The van der Waals surface area contributed by atoms with Crippen molar-refractivity contribution in [1.29, 1.82) is 0 Å². The maximum atomic E-state index is 6.49. The highest BCUT2D eigenvalue weighted by Crippen LogP contribution is 2.41. The fraction of sp³-hybridized carbons (Fsp3) is 1.00. The molecule has 3 atom stereocenters. The fourth-order valence-electron chi connectivity index (χ4n) is 3.66. The zero-order chi connectivity index (χ0) is 16.0. The van der Waals surface area contributed by atoms with Gasteiger partial charge in [0.1, 0.15) is 0 Å². The lowest BCUT2D eigenvalue weighted by Gasteiger charge is -2.46. The molecule has 1 aliphatic rings. The fourth-order valence-corrected chi connectivity index (χ4v) is 3.66. The molecule has 3 nitrogen and oxygen atoms in total. The Morgan fingerprint density at radius 1 is 1.29 bits per heavy atom. The third-order valence-electron chi connectivity index (χ3n) is 5.54. The van der Waals surface area contributed by atoms with E-state index in [1.54, 1.807) is 7.11 Å². The van der Waals surface area contributed by atoms with E-state index in [2.05, 4.69) is 39.5 Å². The quantitative estimate of drug-likeness (QED) is 0.745. The third kappa shape index (κ3) is 5.54. The van der Waals surface area contributed by atoms with Crippen molar-refractivity contribution >= 4 is 0 Å². The van der Waals surface area contributed by atoms with E-state index in [0.29, 0.717) is 23.4 Å². The lowest BCUT2D eigenvalue weighted by molar-refractivity contribution is 0.0387. The van der Waals surface area contributed by atoms with Crippen LogP contribution in [0.4, 0.5) is 0 Å². The first-order valence-corrected chi connectivity index (χ1v) is 8.80. The first kappa shape index (κ1) is 18.9. The Labute approximate surface area is 132 Å². The van der Waals surface area contributed by atoms with Crippen LogP contribution in [-0.2, 0) is 4.74 Å². The molecule has 0 bridgehead atoms. The Hall–Kier alpha value is -0.120. The highest BCUT2D eigenvalue weighted by atomic mass is 16.5. The first-order chi connectivity index (χ1) is 9.81. The van der Waals surface area contributed by atoms with Crippen LogP contribution >= 0.6 is 0 Å². The molecule has 0 aliphatic heterocycles. The number of nitrogens with zero attached hydrogens (tertiary/aromatic N) is 1. The molecule has 0 spiro atoms. The van der Waals surface area contributed by atoms with E-state index in [9.17, 15) is 0 Å². The molecule has 3 heteroatoms. The van der Waals surface area contributed by atoms with Crippen molar-refractivity contribution < 1.29 is 4.74 Å². The van der Waals surface area contributed by atoms with Crippen LogP contribution < -0.4 is 5.73 Å². The van der Waals surface area contributed by atoms with Crippen LogP contribution in [-0.4, -0.2) is 43.8 Å². The molecule has 0 radical (unpaired) electrons. The number of ether oxygens (including phenoxy) is 1. The molecule has 2 N–H and O–H groups in total. The predicted molar refractivity (Wildman–Crippen MR) is 91.5 cm³/mol. The summed E-state index contributed by atoms with van der Waals surface area (Å²) in [6, 6.07) is 0.844. The van der Waals surface area contributed by atoms with Crippen molar-refractivity contribution in [2.24, 2.45) is 23.0 Å². The minimum atomic E-state index is 0.324. The zero-order valence-electron chi connectivity index (χ0n) is 15.2. The van der Waals surface area contributed by atoms with Gasteiger partial charge in [-0.25, -0.2) is 0 Å². The highest BCUT2D eigenvalue weighted by molar-refractivity contribution is 4.93. The Kier molecular flexibility index (Phi) is 7.66. The standard InChI is InChI=1S/C18H38N2O/c1-7-18(4,5)15-8-9-16(19)17(12-15)20(10-11-21-6)13-14(2)3/h14-17H,7-13,19H2,1-6H3. The van der Waals surface area contributed by atoms with E-state index >= 15 is 0 Å². The van der Waals surface area contributed by atoms with Crippen molar-refractivity contribution in [2.45, 2.75) is 72.4 Å². The molecule has 0 aromatic heterocycles. The minimum Gasteiger partial charge on any atom is -0.383 e. The average Bonchev–Trinajstić information content (AvgIpc) is 2.43. The number of hydrogen-bond acceptors (Lipinski definition) is 3. The van der Waals surface area contributed by atoms with Gasteiger partial charge in [0.15, 0.2) is 0 Å². The van der Waals surface area contributed by atoms with E-state index in [1.165, 1.54) is 25.7 Å². The van der Waals surface area contributed by atoms with Gasteiger partial charge < -0.3 is 10.5 Å². The van der Waals surface area contributed by atoms with E-state index in [4.69, 9.17) is 10.5 Å². The number of nitrogens with two attached hydrogens (primary N) is 1. The molecular formula is C18H38N2O. The van der Waals surface area contributed by atoms with Gasteiger partial charge in [-0.3, -0.25) is 4.90 Å². The van der Waals surface area contributed by atoms with Gasteiger partial charge in [0.05, 0.1) is 6.61 Å². The van der Waals surface area contributed by atoms with Gasteiger partial charge in [-0.1, -0.05) is 41.0 Å². The second-order valence-electron chi connectivity index (χ2n) is 7.96. The van der Waals surface area contributed by atoms with E-state index in [1.807, 2.05) is 0 Å². The van der Waals surface area contributed by atoms with Gasteiger partial charge in [0.25, 0.3) is 0 Å². The molecule has 0 amide bonds. The molecular weight excluding hydrogens is 260 g/mol. The molecule has 21 heavy (non-hydrogen) atoms. The SMILES string of the molecule is CCC(C)(C)C1CCC(N)C(N(CCOC)CC(C)C)C1. The van der Waals surface area contributed by atoms with Crippen LogP contribution in [0, 0.1) is 17.3 Å². The Bertz CT molecular complexity index is 291. The maximum absolute atomic E-state index is 6.49. The van der Waals surface area contributed by atoms with E-state index in [-0.39, 0.29) is 0 Å². The van der Waals surface area contributed by atoms with Crippen molar-refractivity contribution in [3.63, 3.8) is 0 Å². The van der Waals surface area contributed by atoms with Crippen LogP contribution in [0.2, 0.25) is 0 Å². The molecule has 3 unspecified atom stereocenters. The minimum absolute atomic E-state index is 0.324.